The van der Waals surface area contributed by atoms with Crippen LogP contribution in [0.15, 0.2) is 18.2 Å². The first-order valence-electron chi connectivity index (χ1n) is 5.67. The molecule has 0 amide bonds. The second-order valence-electron chi connectivity index (χ2n) is 3.88. The number of ether oxygens (including phenoxy) is 1. The summed E-state index contributed by atoms with van der Waals surface area (Å²) in [5.41, 5.74) is 2.44. The highest BCUT2D eigenvalue weighted by Crippen LogP contribution is 2.28. The first-order chi connectivity index (χ1) is 8.67. The van der Waals surface area contributed by atoms with Gasteiger partial charge in [0.2, 0.25) is 0 Å². The maximum Gasteiger partial charge on any atom is 0.138 e. The molecule has 5 heteroatoms. The molecule has 3 nitrogen and oxygen atoms in total. The molecule has 0 fully saturated rings. The van der Waals surface area contributed by atoms with E-state index in [2.05, 4.69) is 10.3 Å². The zero-order chi connectivity index (χ0) is 13.1. The lowest BCUT2D eigenvalue weighted by atomic mass is 10.1. The van der Waals surface area contributed by atoms with Gasteiger partial charge >= 0.3 is 0 Å². The molecule has 0 aliphatic rings. The number of fused-ring (bicyclic) bond motifs is 1. The highest BCUT2D eigenvalue weighted by Gasteiger charge is 2.11. The Morgan fingerprint density at radius 1 is 1.44 bits per heavy atom. The molecule has 0 aliphatic carbocycles. The summed E-state index contributed by atoms with van der Waals surface area (Å²) in [5.74, 6) is -0.243. The van der Waals surface area contributed by atoms with Gasteiger partial charge in [-0.2, -0.15) is 0 Å². The number of anilines is 1. The molecule has 0 saturated carbocycles. The Balaban J connectivity index is 2.68. The highest BCUT2D eigenvalue weighted by atomic mass is 127. The van der Waals surface area contributed by atoms with Crippen molar-refractivity contribution in [2.24, 2.45) is 0 Å². The van der Waals surface area contributed by atoms with E-state index in [1.807, 2.05) is 35.6 Å². The van der Waals surface area contributed by atoms with E-state index < -0.39 is 0 Å². The van der Waals surface area contributed by atoms with Crippen molar-refractivity contribution < 1.29 is 9.13 Å². The van der Waals surface area contributed by atoms with E-state index in [4.69, 9.17) is 4.74 Å². The van der Waals surface area contributed by atoms with Gasteiger partial charge in [-0.05, 0) is 47.7 Å². The van der Waals surface area contributed by atoms with Crippen LogP contribution in [0, 0.1) is 9.39 Å². The molecule has 2 aromatic rings. The maximum atomic E-state index is 13.6. The molecular formula is C13H14FIN2O. The van der Waals surface area contributed by atoms with Crippen molar-refractivity contribution in [1.29, 1.82) is 0 Å². The van der Waals surface area contributed by atoms with Gasteiger partial charge in [0, 0.05) is 24.7 Å². The van der Waals surface area contributed by atoms with Crippen LogP contribution in [0.5, 0.6) is 0 Å². The number of hydrogen-bond donors (Lipinski definition) is 1. The first kappa shape index (κ1) is 13.5. The second kappa shape index (κ2) is 5.79. The van der Waals surface area contributed by atoms with Crippen LogP contribution >= 0.6 is 22.6 Å². The van der Waals surface area contributed by atoms with Crippen LogP contribution in [0.2, 0.25) is 0 Å². The molecule has 1 aromatic carbocycles. The minimum absolute atomic E-state index is 0.243. The van der Waals surface area contributed by atoms with Gasteiger partial charge in [0.15, 0.2) is 0 Å². The zero-order valence-electron chi connectivity index (χ0n) is 10.3. The van der Waals surface area contributed by atoms with Crippen molar-refractivity contribution in [2.45, 2.75) is 13.5 Å². The fourth-order valence-electron chi connectivity index (χ4n) is 1.85. The number of methoxy groups -OCH3 is 1. The van der Waals surface area contributed by atoms with Crippen LogP contribution in [-0.2, 0) is 11.3 Å². The van der Waals surface area contributed by atoms with Crippen molar-refractivity contribution in [1.82, 2.24) is 4.98 Å². The molecule has 0 radical (unpaired) electrons. The van der Waals surface area contributed by atoms with Gasteiger partial charge in [-0.25, -0.2) is 9.37 Å². The average molecular weight is 360 g/mol. The summed E-state index contributed by atoms with van der Waals surface area (Å²) < 4.78 is 19.2. The van der Waals surface area contributed by atoms with Gasteiger partial charge in [0.25, 0.3) is 0 Å². The maximum absolute atomic E-state index is 13.6. The summed E-state index contributed by atoms with van der Waals surface area (Å²) in [6.45, 7) is 3.25. The lowest BCUT2D eigenvalue weighted by molar-refractivity contribution is 0.182. The normalized spacial score (nSPS) is 10.9. The number of benzene rings is 1. The summed E-state index contributed by atoms with van der Waals surface area (Å²) in [6, 6.07) is 5.18. The lowest BCUT2D eigenvalue weighted by Crippen LogP contribution is -2.02. The summed E-state index contributed by atoms with van der Waals surface area (Å²) in [4.78, 5) is 4.46. The largest absolute Gasteiger partial charge is 0.385 e. The molecule has 96 valence electrons. The average Bonchev–Trinajstić information content (AvgIpc) is 2.35. The summed E-state index contributed by atoms with van der Waals surface area (Å²) in [6.07, 6.45) is 0. The van der Waals surface area contributed by atoms with Gasteiger partial charge < -0.3 is 10.1 Å². The predicted octanol–water partition coefficient (Wildman–Crippen LogP) is 3.56. The quantitative estimate of drug-likeness (QED) is 0.847. The number of nitrogens with one attached hydrogen (secondary N) is 1. The van der Waals surface area contributed by atoms with E-state index >= 15 is 0 Å². The fourth-order valence-corrected chi connectivity index (χ4v) is 2.44. The molecule has 1 aromatic heterocycles. The summed E-state index contributed by atoms with van der Waals surface area (Å²) in [5, 5.41) is 4.21. The van der Waals surface area contributed by atoms with Crippen molar-refractivity contribution in [3.63, 3.8) is 0 Å². The Labute approximate surface area is 119 Å². The number of pyridine rings is 1. The third-order valence-corrected chi connectivity index (χ3v) is 3.61. The van der Waals surface area contributed by atoms with Crippen molar-refractivity contribution >= 4 is 39.2 Å². The third-order valence-electron chi connectivity index (χ3n) is 2.59. The third kappa shape index (κ3) is 2.56. The highest BCUT2D eigenvalue weighted by molar-refractivity contribution is 14.1. The van der Waals surface area contributed by atoms with E-state index in [1.165, 1.54) is 6.07 Å². The fraction of sp³-hybridized carbons (Fsp3) is 0.308. The summed E-state index contributed by atoms with van der Waals surface area (Å²) in [7, 11) is 1.62. The van der Waals surface area contributed by atoms with Crippen LogP contribution in [-0.4, -0.2) is 18.6 Å². The van der Waals surface area contributed by atoms with Crippen LogP contribution in [0.25, 0.3) is 10.9 Å². The molecule has 2 rings (SSSR count). The Bertz CT molecular complexity index is 574. The number of halogens is 2. The SMILES string of the molecule is CCNc1cc(COC)nc2c(I)c(F)ccc12. The van der Waals surface area contributed by atoms with Gasteiger partial charge in [-0.1, -0.05) is 0 Å². The Morgan fingerprint density at radius 2 is 2.22 bits per heavy atom. The Kier molecular flexibility index (Phi) is 4.34. The van der Waals surface area contributed by atoms with Crippen molar-refractivity contribution in [3.8, 4) is 0 Å². The monoisotopic (exact) mass is 360 g/mol. The van der Waals surface area contributed by atoms with Crippen LogP contribution in [0.3, 0.4) is 0 Å². The van der Waals surface area contributed by atoms with Crippen molar-refractivity contribution in [2.75, 3.05) is 19.0 Å². The number of aromatic nitrogens is 1. The Morgan fingerprint density at radius 3 is 2.89 bits per heavy atom. The molecule has 0 saturated heterocycles. The standard InChI is InChI=1S/C13H14FIN2O/c1-3-16-11-6-8(7-18-2)17-13-9(11)4-5-10(14)12(13)15/h4-6H,3,7H2,1-2H3,(H,16,17). The summed E-state index contributed by atoms with van der Waals surface area (Å²) >= 11 is 1.99. The molecule has 0 spiro atoms. The molecule has 0 bridgehead atoms. The zero-order valence-corrected chi connectivity index (χ0v) is 12.4. The smallest absolute Gasteiger partial charge is 0.138 e. The molecular weight excluding hydrogens is 346 g/mol. The molecule has 18 heavy (non-hydrogen) atoms. The van der Waals surface area contributed by atoms with Gasteiger partial charge in [-0.3, -0.25) is 0 Å². The molecule has 0 unspecified atom stereocenters. The van der Waals surface area contributed by atoms with Gasteiger partial charge in [-0.15, -0.1) is 0 Å². The van der Waals surface area contributed by atoms with Crippen LogP contribution in [0.4, 0.5) is 10.1 Å². The van der Waals surface area contributed by atoms with Crippen LogP contribution < -0.4 is 5.32 Å². The van der Waals surface area contributed by atoms with E-state index in [9.17, 15) is 4.39 Å². The number of nitrogens with zero attached hydrogens (tertiary/aromatic N) is 1. The lowest BCUT2D eigenvalue weighted by Gasteiger charge is -2.11. The molecule has 0 aliphatic heterocycles. The van der Waals surface area contributed by atoms with Crippen LogP contribution in [0.1, 0.15) is 12.6 Å². The number of hydrogen-bond acceptors (Lipinski definition) is 3. The van der Waals surface area contributed by atoms with Gasteiger partial charge in [0.05, 0.1) is 21.4 Å². The minimum Gasteiger partial charge on any atom is -0.385 e. The number of rotatable bonds is 4. The molecule has 1 N–H and O–H groups in total. The second-order valence-corrected chi connectivity index (χ2v) is 4.96. The Hall–Kier alpha value is -0.950. The van der Waals surface area contributed by atoms with E-state index in [-0.39, 0.29) is 5.82 Å². The predicted molar refractivity (Wildman–Crippen MR) is 79.3 cm³/mol. The minimum atomic E-state index is -0.243. The topological polar surface area (TPSA) is 34.1 Å². The molecule has 0 atom stereocenters. The van der Waals surface area contributed by atoms with E-state index in [0.717, 1.165) is 23.3 Å². The van der Waals surface area contributed by atoms with E-state index in [1.54, 1.807) is 13.2 Å². The van der Waals surface area contributed by atoms with Crippen molar-refractivity contribution in [3.05, 3.63) is 33.3 Å². The first-order valence-corrected chi connectivity index (χ1v) is 6.75. The molecule has 1 heterocycles. The van der Waals surface area contributed by atoms with Gasteiger partial charge in [0.1, 0.15) is 5.82 Å². The van der Waals surface area contributed by atoms with E-state index in [0.29, 0.717) is 15.7 Å².